The maximum Gasteiger partial charge on any atom is 0.340 e. The molecular formula is C52H78Cl7N15O23P6. The minimum absolute atomic E-state index is 0.00385. The van der Waals surface area contributed by atoms with Gasteiger partial charge in [0.05, 0.1) is 38.8 Å². The van der Waals surface area contributed by atoms with Crippen LogP contribution in [-0.2, 0) is 64.2 Å². The van der Waals surface area contributed by atoms with Crippen LogP contribution in [0.4, 0.5) is 17.5 Å². The number of rotatable bonds is 25. The molecule has 16 atom stereocenters. The number of hydrogen-bond acceptors (Lipinski definition) is 33. The number of imidazole rings is 3. The van der Waals surface area contributed by atoms with Gasteiger partial charge in [-0.05, 0) is 118 Å². The summed E-state index contributed by atoms with van der Waals surface area (Å²) in [5, 5.41) is 81.8. The van der Waals surface area contributed by atoms with E-state index in [4.69, 9.17) is 112 Å². The molecule has 3 saturated heterocycles. The van der Waals surface area contributed by atoms with Gasteiger partial charge in [-0.25, -0.2) is 15.0 Å². The van der Waals surface area contributed by atoms with Gasteiger partial charge in [-0.1, -0.05) is 38.5 Å². The second-order valence-electron chi connectivity index (χ2n) is 24.8. The van der Waals surface area contributed by atoms with E-state index in [1.165, 1.54) is 59.3 Å². The van der Waals surface area contributed by atoms with Gasteiger partial charge < -0.3 is 98.3 Å². The zero-order chi connectivity index (χ0) is 75.3. The van der Waals surface area contributed by atoms with Crippen LogP contribution in [0.1, 0.15) is 95.7 Å². The van der Waals surface area contributed by atoms with Gasteiger partial charge in [-0.2, -0.15) is 29.9 Å². The van der Waals surface area contributed by atoms with Crippen molar-refractivity contribution in [3.63, 3.8) is 0 Å². The largest absolute Gasteiger partial charge is 0.394 e. The molecule has 9 heterocycles. The lowest BCUT2D eigenvalue weighted by Gasteiger charge is -2.22. The summed E-state index contributed by atoms with van der Waals surface area (Å²) in [4.78, 5) is 57.7. The first-order valence-corrected chi connectivity index (χ1v) is 47.8. The molecule has 0 bridgehead atoms. The number of hydrogen-bond donors (Lipinski definition) is 12. The number of nitrogens with one attached hydrogen (secondary N) is 3. The summed E-state index contributed by atoms with van der Waals surface area (Å²) in [6.45, 7) is -0.106. The molecule has 38 nitrogen and oxygen atoms in total. The van der Waals surface area contributed by atoms with Crippen LogP contribution in [0.2, 0.25) is 15.9 Å². The summed E-state index contributed by atoms with van der Waals surface area (Å²) >= 11 is 38.3. The molecule has 6 fully saturated rings. The molecule has 3 aliphatic heterocycles. The molecule has 6 aromatic heterocycles. The van der Waals surface area contributed by atoms with Crippen LogP contribution >= 0.6 is 122 Å². The number of anilines is 3. The number of fused-ring (bicyclic) bond motifs is 3. The van der Waals surface area contributed by atoms with Crippen LogP contribution in [0.15, 0.2) is 19.0 Å². The second-order valence-corrected chi connectivity index (χ2v) is 46.5. The fourth-order valence-electron chi connectivity index (χ4n) is 12.0. The van der Waals surface area contributed by atoms with Crippen molar-refractivity contribution in [2.24, 2.45) is 0 Å². The maximum absolute atomic E-state index is 12.9. The van der Waals surface area contributed by atoms with E-state index >= 15 is 0 Å². The third kappa shape index (κ3) is 22.3. The van der Waals surface area contributed by atoms with Gasteiger partial charge >= 0.3 is 22.8 Å². The summed E-state index contributed by atoms with van der Waals surface area (Å²) in [6, 6.07) is 0.824. The fourth-order valence-corrected chi connectivity index (χ4v) is 28.7. The summed E-state index contributed by atoms with van der Waals surface area (Å²) in [5.74, 6) is -7.37. The fraction of sp³-hybridized carbons (Fsp3) is 0.712. The Morgan fingerprint density at radius 1 is 0.466 bits per heavy atom. The first kappa shape index (κ1) is 84.8. The van der Waals surface area contributed by atoms with Crippen molar-refractivity contribution < 1.29 is 110 Å². The minimum atomic E-state index is -4.55. The van der Waals surface area contributed by atoms with Gasteiger partial charge in [-0.3, -0.25) is 41.1 Å². The zero-order valence-corrected chi connectivity index (χ0v) is 65.7. The Balaban J connectivity index is 0.000000171. The standard InChI is InChI=1S/C19H30ClN5O8P2.C17H26ClN5O9P2.C15H20ClN5O4.CH2Cl4O2P2/c1-30-34(3,28)10-35(29,31-2)32-8-12-14(26)15(27)18(33-12)25-9-21-13-16(22-11-6-4-5-7-11)23-19(20)24-17(13)25;1-30-33(26,27)8-34(28,29)31-6-10-12(24)13(25)16(32-10)23-7-19-11-14(20-9-4-2-3-5-9)21-17(18)22-15(11)23;16-15-19-12(18-7-3-1-2-4-7)9-13(20-15)21(6-17-9)14-11(24)10(23)8(5-22)25-14;2-8(3,6)1-9(4,5)7/h9,11-12,14-15,18,26-27H,4-8,10H2,1-3H3,(H,22,23,24);7,9-10,12-13,16,24-25H,2-6,8H2,1H3,(H,26,27)(H,28,29)(H,20,21,22);6-8,10-11,14,22-24H,1-5H2,(H,18,19,20);1H2/t12-,14-,15-,18-,34?,35?;10-,12-,13-,16-;8-,10-,11-,14-;/m111./s1. The maximum atomic E-state index is 12.9. The first-order valence-electron chi connectivity index (χ1n) is 31.7. The third-order valence-electron chi connectivity index (χ3n) is 17.2. The van der Waals surface area contributed by atoms with E-state index in [-0.39, 0.29) is 40.2 Å². The van der Waals surface area contributed by atoms with E-state index in [0.29, 0.717) is 51.3 Å². The van der Waals surface area contributed by atoms with E-state index in [1.807, 2.05) is 0 Å². The molecule has 6 aliphatic rings. The zero-order valence-electron chi connectivity index (χ0n) is 55.1. The number of nitrogens with zero attached hydrogens (tertiary/aromatic N) is 12. The molecule has 12 N–H and O–H groups in total. The van der Waals surface area contributed by atoms with Gasteiger partial charge in [-0.15, -0.1) is 0 Å². The molecule has 3 aliphatic carbocycles. The van der Waals surface area contributed by atoms with E-state index in [2.05, 4.69) is 65.3 Å². The first-order chi connectivity index (χ1) is 48.3. The predicted octanol–water partition coefficient (Wildman–Crippen LogP) is 9.00. The topological polar surface area (TPSA) is 525 Å². The summed E-state index contributed by atoms with van der Waals surface area (Å²) in [6.07, 6.45) is 2.80. The van der Waals surface area contributed by atoms with Crippen LogP contribution in [-0.4, -0.2) is 243 Å². The van der Waals surface area contributed by atoms with Gasteiger partial charge in [0.1, 0.15) is 66.7 Å². The molecule has 12 rings (SSSR count). The Bertz CT molecular complexity index is 4180. The summed E-state index contributed by atoms with van der Waals surface area (Å²) in [5.41, 5.74) is 2.35. The van der Waals surface area contributed by atoms with Crippen molar-refractivity contribution in [3.05, 3.63) is 34.8 Å². The van der Waals surface area contributed by atoms with Gasteiger partial charge in [0.15, 0.2) is 75.5 Å². The number of aliphatic hydroxyl groups is 7. The van der Waals surface area contributed by atoms with Gasteiger partial charge in [0, 0.05) is 46.1 Å². The van der Waals surface area contributed by atoms with Gasteiger partial charge in [0.25, 0.3) is 11.7 Å². The van der Waals surface area contributed by atoms with Crippen LogP contribution in [0.25, 0.3) is 33.5 Å². The lowest BCUT2D eigenvalue weighted by Crippen LogP contribution is -2.33. The molecule has 0 amide bonds. The van der Waals surface area contributed by atoms with E-state index < -0.39 is 146 Å². The Morgan fingerprint density at radius 3 is 1.09 bits per heavy atom. The summed E-state index contributed by atoms with van der Waals surface area (Å²) in [7, 11) is -12.6. The van der Waals surface area contributed by atoms with Crippen LogP contribution in [0, 0.1) is 0 Å². The molecule has 578 valence electrons. The minimum Gasteiger partial charge on any atom is -0.394 e. The third-order valence-corrected chi connectivity index (χ3v) is 33.5. The Kier molecular flexibility index (Phi) is 29.5. The molecule has 6 aromatic rings. The normalized spacial score (nSPS) is 28.1. The smallest absolute Gasteiger partial charge is 0.340 e. The van der Waals surface area contributed by atoms with Crippen molar-refractivity contribution >= 4 is 173 Å². The summed E-state index contributed by atoms with van der Waals surface area (Å²) < 4.78 is 115. The molecule has 51 heteroatoms. The van der Waals surface area contributed by atoms with E-state index in [0.717, 1.165) is 78.4 Å². The molecule has 103 heavy (non-hydrogen) atoms. The highest BCUT2D eigenvalue weighted by Crippen LogP contribution is 2.72. The van der Waals surface area contributed by atoms with Crippen molar-refractivity contribution in [2.45, 2.75) is 169 Å². The number of halogens is 7. The van der Waals surface area contributed by atoms with Crippen molar-refractivity contribution in [1.82, 2.24) is 58.6 Å². The highest BCUT2D eigenvalue weighted by atomic mass is 35.9. The Hall–Kier alpha value is -2.22. The number of aromatic nitrogens is 12. The lowest BCUT2D eigenvalue weighted by molar-refractivity contribution is -0.0511. The molecule has 3 saturated carbocycles. The number of aliphatic hydroxyl groups excluding tert-OH is 7. The average molecular weight is 1720 g/mol. The highest BCUT2D eigenvalue weighted by molar-refractivity contribution is 8.21. The quantitative estimate of drug-likeness (QED) is 0.0188. The predicted molar refractivity (Wildman–Crippen MR) is 380 cm³/mol. The number of ether oxygens (including phenoxy) is 3. The molecular weight excluding hydrogens is 1640 g/mol. The molecule has 0 spiro atoms. The highest BCUT2D eigenvalue weighted by Gasteiger charge is 2.49. The monoisotopic (exact) mass is 1710 g/mol. The van der Waals surface area contributed by atoms with Gasteiger partial charge in [0.2, 0.25) is 23.2 Å². The molecule has 0 radical (unpaired) electrons. The van der Waals surface area contributed by atoms with Crippen molar-refractivity contribution in [3.8, 4) is 0 Å². The van der Waals surface area contributed by atoms with Crippen molar-refractivity contribution in [2.75, 3.05) is 81.5 Å². The second kappa shape index (κ2) is 35.9. The average Bonchev–Trinajstić information content (AvgIpc) is 1.63. The van der Waals surface area contributed by atoms with Crippen LogP contribution in [0.5, 0.6) is 0 Å². The van der Waals surface area contributed by atoms with E-state index in [9.17, 15) is 72.9 Å². The van der Waals surface area contributed by atoms with E-state index in [1.54, 1.807) is 0 Å². The Labute approximate surface area is 622 Å². The van der Waals surface area contributed by atoms with Crippen LogP contribution in [0.3, 0.4) is 0 Å². The Morgan fingerprint density at radius 2 is 0.796 bits per heavy atom. The molecule has 0 aromatic carbocycles. The SMILES string of the molecule is COP(=O)(O)CP(=O)(O)OC[C@H]1O[C@@H](n2cnc3c(NC4CCCC4)nc(Cl)nc32)[C@H](O)[C@@H]1O.COP(C)(=O)CP(=O)(OC)OC[C@H]1O[C@@H](n2cnc3c(NC4CCCC4)nc(Cl)nc32)[C@H](O)[C@@H]1O.O=P(Cl)(Cl)CP(=O)(Cl)Cl.OC[C@H]1O[C@@H](n2cnc3c(NC4CCCC4)nc(Cl)nc32)[C@H](O)[C@@H]1O. The molecule has 4 unspecified atom stereocenters. The van der Waals surface area contributed by atoms with Crippen molar-refractivity contribution in [1.29, 1.82) is 0 Å². The van der Waals surface area contributed by atoms with Crippen LogP contribution < -0.4 is 16.0 Å². The lowest BCUT2D eigenvalue weighted by atomic mass is 10.1.